The van der Waals surface area contributed by atoms with Gasteiger partial charge in [0.2, 0.25) is 5.91 Å². The first-order chi connectivity index (χ1) is 11.6. The fourth-order valence-electron chi connectivity index (χ4n) is 2.14. The molecule has 0 fully saturated rings. The van der Waals surface area contributed by atoms with Gasteiger partial charge in [-0.05, 0) is 36.8 Å². The molecule has 1 N–H and O–H groups in total. The monoisotopic (exact) mass is 350 g/mol. The third-order valence-electron chi connectivity index (χ3n) is 3.44. The molecule has 0 aliphatic rings. The summed E-state index contributed by atoms with van der Waals surface area (Å²) in [5.74, 6) is -1.15. The number of anilines is 1. The van der Waals surface area contributed by atoms with E-state index in [4.69, 9.17) is 0 Å². The van der Waals surface area contributed by atoms with Crippen LogP contribution in [0.2, 0.25) is 0 Å². The van der Waals surface area contributed by atoms with E-state index in [9.17, 15) is 13.6 Å². The van der Waals surface area contributed by atoms with E-state index in [1.54, 1.807) is 0 Å². The molecule has 2 aromatic carbocycles. The summed E-state index contributed by atoms with van der Waals surface area (Å²) < 4.78 is 26.5. The molecule has 0 aliphatic heterocycles. The Morgan fingerprint density at radius 2 is 1.92 bits per heavy atom. The molecule has 128 valence electrons. The Balaban J connectivity index is 1.66. The number of para-hydroxylation sites is 1. The van der Waals surface area contributed by atoms with Gasteiger partial charge < -0.3 is 10.2 Å². The molecule has 0 saturated heterocycles. The Bertz CT molecular complexity index is 667. The number of hydrogen-bond donors (Lipinski definition) is 1. The summed E-state index contributed by atoms with van der Waals surface area (Å²) in [6, 6.07) is 13.2. The standard InChI is InChI=1S/C18H20F2N2OS/c1-22(15-6-3-2-4-7-15)11-5-10-21-18(23)13-24-17-12-14(19)8-9-16(17)20/h2-4,6-9,12H,5,10-11,13H2,1H3,(H,21,23). The second kappa shape index (κ2) is 9.27. The van der Waals surface area contributed by atoms with E-state index in [0.717, 1.165) is 48.6 Å². The fourth-order valence-corrected chi connectivity index (χ4v) is 2.93. The molecule has 0 heterocycles. The van der Waals surface area contributed by atoms with Gasteiger partial charge in [-0.25, -0.2) is 8.78 Å². The largest absolute Gasteiger partial charge is 0.375 e. The average molecular weight is 350 g/mol. The van der Waals surface area contributed by atoms with E-state index in [0.29, 0.717) is 6.54 Å². The van der Waals surface area contributed by atoms with E-state index in [1.165, 1.54) is 0 Å². The third-order valence-corrected chi connectivity index (χ3v) is 4.47. The lowest BCUT2D eigenvalue weighted by Gasteiger charge is -2.19. The van der Waals surface area contributed by atoms with Crippen LogP contribution in [0, 0.1) is 11.6 Å². The van der Waals surface area contributed by atoms with Gasteiger partial charge in [-0.15, -0.1) is 11.8 Å². The predicted molar refractivity (Wildman–Crippen MR) is 94.4 cm³/mol. The normalized spacial score (nSPS) is 10.5. The van der Waals surface area contributed by atoms with Crippen molar-refractivity contribution in [2.24, 2.45) is 0 Å². The summed E-state index contributed by atoms with van der Waals surface area (Å²) >= 11 is 0.993. The molecule has 3 nitrogen and oxygen atoms in total. The molecule has 0 aromatic heterocycles. The molecule has 0 bridgehead atoms. The van der Waals surface area contributed by atoms with E-state index in [2.05, 4.69) is 10.2 Å². The maximum absolute atomic E-state index is 13.5. The molecule has 0 spiro atoms. The van der Waals surface area contributed by atoms with Gasteiger partial charge in [-0.3, -0.25) is 4.79 Å². The average Bonchev–Trinajstić information content (AvgIpc) is 2.60. The van der Waals surface area contributed by atoms with Gasteiger partial charge in [0.1, 0.15) is 11.6 Å². The van der Waals surface area contributed by atoms with Crippen molar-refractivity contribution in [2.75, 3.05) is 30.8 Å². The van der Waals surface area contributed by atoms with Crippen LogP contribution in [0.3, 0.4) is 0 Å². The second-order valence-corrected chi connectivity index (χ2v) is 6.34. The number of halogens is 2. The number of nitrogens with zero attached hydrogens (tertiary/aromatic N) is 1. The predicted octanol–water partition coefficient (Wildman–Crippen LogP) is 3.70. The zero-order valence-electron chi connectivity index (χ0n) is 13.5. The molecular weight excluding hydrogens is 330 g/mol. The number of carbonyl (C=O) groups is 1. The number of nitrogens with one attached hydrogen (secondary N) is 1. The molecular formula is C18H20F2N2OS. The lowest BCUT2D eigenvalue weighted by atomic mass is 10.3. The topological polar surface area (TPSA) is 32.3 Å². The Morgan fingerprint density at radius 1 is 1.17 bits per heavy atom. The molecule has 24 heavy (non-hydrogen) atoms. The molecule has 1 amide bonds. The third kappa shape index (κ3) is 5.85. The van der Waals surface area contributed by atoms with Crippen LogP contribution in [0.15, 0.2) is 53.4 Å². The van der Waals surface area contributed by atoms with Crippen LogP contribution in [0.5, 0.6) is 0 Å². The highest BCUT2D eigenvalue weighted by Gasteiger charge is 2.08. The van der Waals surface area contributed by atoms with Crippen molar-refractivity contribution in [1.82, 2.24) is 5.32 Å². The molecule has 0 radical (unpaired) electrons. The number of benzene rings is 2. The van der Waals surface area contributed by atoms with Gasteiger partial charge in [-0.2, -0.15) is 0 Å². The smallest absolute Gasteiger partial charge is 0.230 e. The van der Waals surface area contributed by atoms with Crippen molar-refractivity contribution in [2.45, 2.75) is 11.3 Å². The molecule has 0 aliphatic carbocycles. The SMILES string of the molecule is CN(CCCNC(=O)CSc1cc(F)ccc1F)c1ccccc1. The van der Waals surface area contributed by atoms with Crippen molar-refractivity contribution in [3.8, 4) is 0 Å². The summed E-state index contributed by atoms with van der Waals surface area (Å²) in [6.07, 6.45) is 0.802. The first-order valence-corrected chi connectivity index (χ1v) is 8.65. The molecule has 6 heteroatoms. The van der Waals surface area contributed by atoms with Crippen molar-refractivity contribution < 1.29 is 13.6 Å². The Morgan fingerprint density at radius 3 is 2.67 bits per heavy atom. The maximum Gasteiger partial charge on any atom is 0.230 e. The molecule has 0 atom stereocenters. The minimum Gasteiger partial charge on any atom is -0.375 e. The number of hydrogen-bond acceptors (Lipinski definition) is 3. The molecule has 0 saturated carbocycles. The van der Waals surface area contributed by atoms with Gasteiger partial charge in [0, 0.05) is 30.7 Å². The Kier molecular flexibility index (Phi) is 7.06. The molecule has 2 aromatic rings. The summed E-state index contributed by atoms with van der Waals surface area (Å²) in [4.78, 5) is 14.0. The van der Waals surface area contributed by atoms with Crippen LogP contribution in [-0.2, 0) is 4.79 Å². The van der Waals surface area contributed by atoms with Crippen LogP contribution < -0.4 is 10.2 Å². The van der Waals surface area contributed by atoms with Gasteiger partial charge in [0.15, 0.2) is 0 Å². The van der Waals surface area contributed by atoms with E-state index < -0.39 is 11.6 Å². The molecule has 0 unspecified atom stereocenters. The maximum atomic E-state index is 13.5. The van der Waals surface area contributed by atoms with Crippen molar-refractivity contribution >= 4 is 23.4 Å². The van der Waals surface area contributed by atoms with Crippen LogP contribution in [-0.4, -0.2) is 31.8 Å². The Labute approximate surface area is 145 Å². The number of rotatable bonds is 8. The first kappa shape index (κ1) is 18.3. The number of carbonyl (C=O) groups excluding carboxylic acids is 1. The number of thioether (sulfide) groups is 1. The summed E-state index contributed by atoms with van der Waals surface area (Å²) in [5.41, 5.74) is 1.13. The van der Waals surface area contributed by atoms with E-state index >= 15 is 0 Å². The summed E-state index contributed by atoms with van der Waals surface area (Å²) in [6.45, 7) is 1.36. The highest BCUT2D eigenvalue weighted by atomic mass is 32.2. The van der Waals surface area contributed by atoms with Crippen LogP contribution in [0.25, 0.3) is 0 Å². The van der Waals surface area contributed by atoms with Crippen molar-refractivity contribution in [1.29, 1.82) is 0 Å². The highest BCUT2D eigenvalue weighted by Crippen LogP contribution is 2.22. The fraction of sp³-hybridized carbons (Fsp3) is 0.278. The van der Waals surface area contributed by atoms with Gasteiger partial charge >= 0.3 is 0 Å². The molecule has 2 rings (SSSR count). The van der Waals surface area contributed by atoms with Gasteiger partial charge in [0.05, 0.1) is 5.75 Å². The van der Waals surface area contributed by atoms with Gasteiger partial charge in [-0.1, -0.05) is 18.2 Å². The second-order valence-electron chi connectivity index (χ2n) is 5.32. The summed E-state index contributed by atoms with van der Waals surface area (Å²) in [7, 11) is 2.00. The minimum atomic E-state index is -0.515. The van der Waals surface area contributed by atoms with Gasteiger partial charge in [0.25, 0.3) is 0 Å². The van der Waals surface area contributed by atoms with Crippen LogP contribution in [0.1, 0.15) is 6.42 Å². The highest BCUT2D eigenvalue weighted by molar-refractivity contribution is 8.00. The summed E-state index contributed by atoms with van der Waals surface area (Å²) in [5, 5.41) is 2.79. The van der Waals surface area contributed by atoms with Crippen LogP contribution in [0.4, 0.5) is 14.5 Å². The lowest BCUT2D eigenvalue weighted by molar-refractivity contribution is -0.118. The number of amides is 1. The Hall–Kier alpha value is -2.08. The minimum absolute atomic E-state index is 0.0644. The lowest BCUT2D eigenvalue weighted by Crippen LogP contribution is -2.29. The first-order valence-electron chi connectivity index (χ1n) is 7.67. The van der Waals surface area contributed by atoms with Crippen molar-refractivity contribution in [3.63, 3.8) is 0 Å². The van der Waals surface area contributed by atoms with Crippen molar-refractivity contribution in [3.05, 3.63) is 60.2 Å². The quantitative estimate of drug-likeness (QED) is 0.582. The van der Waals surface area contributed by atoms with E-state index in [-0.39, 0.29) is 16.6 Å². The zero-order chi connectivity index (χ0) is 17.4. The zero-order valence-corrected chi connectivity index (χ0v) is 14.3. The van der Waals surface area contributed by atoms with E-state index in [1.807, 2.05) is 37.4 Å². The van der Waals surface area contributed by atoms with Crippen LogP contribution >= 0.6 is 11.8 Å².